The molecule has 3 aromatic rings. The number of nitrogens with one attached hydrogen (secondary N) is 1. The molecule has 3 rings (SSSR count). The third-order valence-corrected chi connectivity index (χ3v) is 5.68. The largest absolute Gasteiger partial charge is 0.316 e. The van der Waals surface area contributed by atoms with Crippen LogP contribution in [0.2, 0.25) is 0 Å². The molecule has 0 fully saturated rings. The fraction of sp³-hybridized carbons (Fsp3) is 0.176. The van der Waals surface area contributed by atoms with E-state index in [-0.39, 0.29) is 22.6 Å². The molecule has 1 N–H and O–H groups in total. The van der Waals surface area contributed by atoms with Crippen molar-refractivity contribution in [3.63, 3.8) is 0 Å². The van der Waals surface area contributed by atoms with E-state index in [0.717, 1.165) is 10.2 Å². The third kappa shape index (κ3) is 2.99. The molecule has 0 aliphatic carbocycles. The van der Waals surface area contributed by atoms with Crippen molar-refractivity contribution >= 4 is 10.0 Å². The van der Waals surface area contributed by atoms with Crippen molar-refractivity contribution in [2.24, 2.45) is 0 Å². The lowest BCUT2D eigenvalue weighted by Crippen LogP contribution is -2.15. The van der Waals surface area contributed by atoms with Gasteiger partial charge in [-0.3, -0.25) is 4.98 Å². The topological polar surface area (TPSA) is 76.9 Å². The number of nitrogens with zero attached hydrogens (tertiary/aromatic N) is 3. The minimum Gasteiger partial charge on any atom is -0.316 e. The molecular formula is C17H16F2N4O2S. The second-order valence-corrected chi connectivity index (χ2v) is 7.41. The zero-order valence-electron chi connectivity index (χ0n) is 14.1. The van der Waals surface area contributed by atoms with E-state index in [0.29, 0.717) is 5.56 Å². The van der Waals surface area contributed by atoms with Crippen LogP contribution in [0.15, 0.2) is 47.9 Å². The maximum atomic E-state index is 15.0. The monoisotopic (exact) mass is 378 g/mol. The Hall–Kier alpha value is -2.65. The van der Waals surface area contributed by atoms with Gasteiger partial charge in [0.15, 0.2) is 5.82 Å². The second-order valence-electron chi connectivity index (χ2n) is 5.63. The van der Waals surface area contributed by atoms with Gasteiger partial charge in [0.25, 0.3) is 10.0 Å². The van der Waals surface area contributed by atoms with E-state index < -0.39 is 27.5 Å². The predicted molar refractivity (Wildman–Crippen MR) is 91.9 cm³/mol. The summed E-state index contributed by atoms with van der Waals surface area (Å²) in [5, 5.41) is 2.76. The van der Waals surface area contributed by atoms with Crippen molar-refractivity contribution in [1.29, 1.82) is 0 Å². The van der Waals surface area contributed by atoms with Crippen molar-refractivity contribution in [1.82, 2.24) is 19.3 Å². The molecule has 0 aliphatic heterocycles. The van der Waals surface area contributed by atoms with Gasteiger partial charge in [-0.25, -0.2) is 21.8 Å². The summed E-state index contributed by atoms with van der Waals surface area (Å²) in [6, 6.07) is 4.23. The molecule has 3 aromatic heterocycles. The van der Waals surface area contributed by atoms with Gasteiger partial charge >= 0.3 is 0 Å². The Morgan fingerprint density at radius 3 is 2.65 bits per heavy atom. The molecule has 3 heterocycles. The lowest BCUT2D eigenvalue weighted by atomic mass is 10.2. The van der Waals surface area contributed by atoms with Crippen LogP contribution in [0.5, 0.6) is 0 Å². The van der Waals surface area contributed by atoms with Gasteiger partial charge in [0, 0.05) is 36.9 Å². The molecular weight excluding hydrogens is 362 g/mol. The van der Waals surface area contributed by atoms with E-state index in [9.17, 15) is 17.2 Å². The first-order valence-corrected chi connectivity index (χ1v) is 9.13. The summed E-state index contributed by atoms with van der Waals surface area (Å²) >= 11 is 0. The highest BCUT2D eigenvalue weighted by atomic mass is 32.2. The lowest BCUT2D eigenvalue weighted by molar-refractivity contribution is 0.574. The Morgan fingerprint density at radius 2 is 2.00 bits per heavy atom. The molecule has 26 heavy (non-hydrogen) atoms. The maximum Gasteiger partial charge on any atom is 0.270 e. The number of halogens is 2. The van der Waals surface area contributed by atoms with Crippen LogP contribution in [-0.4, -0.2) is 29.4 Å². The number of aromatic nitrogens is 3. The second kappa shape index (κ2) is 6.93. The predicted octanol–water partition coefficient (Wildman–Crippen LogP) is 2.49. The molecule has 0 aromatic carbocycles. The number of rotatable bonds is 5. The van der Waals surface area contributed by atoms with Gasteiger partial charge in [-0.2, -0.15) is 4.39 Å². The van der Waals surface area contributed by atoms with E-state index >= 15 is 0 Å². The van der Waals surface area contributed by atoms with Crippen molar-refractivity contribution in [2.75, 3.05) is 7.05 Å². The molecule has 0 unspecified atom stereocenters. The van der Waals surface area contributed by atoms with Crippen LogP contribution >= 0.6 is 0 Å². The van der Waals surface area contributed by atoms with Gasteiger partial charge in [0.2, 0.25) is 5.95 Å². The number of aryl methyl sites for hydroxylation is 1. The van der Waals surface area contributed by atoms with E-state index in [1.165, 1.54) is 36.8 Å². The minimum absolute atomic E-state index is 0.0786. The van der Waals surface area contributed by atoms with Gasteiger partial charge in [-0.05, 0) is 37.7 Å². The van der Waals surface area contributed by atoms with Crippen LogP contribution in [0.3, 0.4) is 0 Å². The van der Waals surface area contributed by atoms with Gasteiger partial charge in [0.05, 0.1) is 5.56 Å². The van der Waals surface area contributed by atoms with Crippen molar-refractivity contribution < 1.29 is 17.2 Å². The highest BCUT2D eigenvalue weighted by Crippen LogP contribution is 2.32. The molecule has 136 valence electrons. The van der Waals surface area contributed by atoms with Crippen LogP contribution in [0, 0.1) is 18.7 Å². The first-order chi connectivity index (χ1) is 12.4. The van der Waals surface area contributed by atoms with Gasteiger partial charge < -0.3 is 5.32 Å². The molecule has 0 aliphatic rings. The van der Waals surface area contributed by atoms with Gasteiger partial charge in [-0.15, -0.1) is 0 Å². The van der Waals surface area contributed by atoms with Crippen LogP contribution in [0.25, 0.3) is 11.3 Å². The maximum absolute atomic E-state index is 15.0. The fourth-order valence-corrected chi connectivity index (χ4v) is 4.21. The zero-order valence-corrected chi connectivity index (χ0v) is 14.9. The molecule has 0 amide bonds. The Bertz CT molecular complexity index is 1060. The van der Waals surface area contributed by atoms with E-state index in [4.69, 9.17) is 0 Å². The molecule has 0 bridgehead atoms. The quantitative estimate of drug-likeness (QED) is 0.691. The smallest absolute Gasteiger partial charge is 0.270 e. The van der Waals surface area contributed by atoms with Gasteiger partial charge in [0.1, 0.15) is 10.6 Å². The van der Waals surface area contributed by atoms with Crippen LogP contribution < -0.4 is 5.32 Å². The van der Waals surface area contributed by atoms with E-state index in [1.54, 1.807) is 14.0 Å². The van der Waals surface area contributed by atoms with Crippen LogP contribution in [-0.2, 0) is 16.6 Å². The van der Waals surface area contributed by atoms with Crippen molar-refractivity contribution in [3.8, 4) is 11.3 Å². The molecule has 9 heteroatoms. The zero-order chi connectivity index (χ0) is 18.9. The Kier molecular flexibility index (Phi) is 4.84. The Labute approximate surface area is 149 Å². The molecule has 0 spiro atoms. The summed E-state index contributed by atoms with van der Waals surface area (Å²) in [5.74, 6) is -1.78. The standard InChI is InChI=1S/C17H16F2N4O2S/c1-11-5-7-21-9-14(11)26(24,25)23-10-12(8-20-2)15(18)16(23)13-4-3-6-22-17(13)19/h3-7,9-10,20H,8H2,1-2H3. The summed E-state index contributed by atoms with van der Waals surface area (Å²) < 4.78 is 56.1. The molecule has 6 nitrogen and oxygen atoms in total. The fourth-order valence-electron chi connectivity index (χ4n) is 2.64. The van der Waals surface area contributed by atoms with E-state index in [1.807, 2.05) is 0 Å². The summed E-state index contributed by atoms with van der Waals surface area (Å²) in [6.45, 7) is 1.68. The summed E-state index contributed by atoms with van der Waals surface area (Å²) in [6.07, 6.45) is 5.00. The SMILES string of the molecule is CNCc1cn(S(=O)(=O)c2cnccc2C)c(-c2cccnc2F)c1F. The summed E-state index contributed by atoms with van der Waals surface area (Å²) in [5.41, 5.74) is -0.0978. The Morgan fingerprint density at radius 1 is 1.23 bits per heavy atom. The van der Waals surface area contributed by atoms with Crippen LogP contribution in [0.1, 0.15) is 11.1 Å². The minimum atomic E-state index is -4.19. The van der Waals surface area contributed by atoms with Crippen LogP contribution in [0.4, 0.5) is 8.78 Å². The molecule has 0 saturated carbocycles. The number of pyridine rings is 2. The summed E-state index contributed by atoms with van der Waals surface area (Å²) in [7, 11) is -2.60. The van der Waals surface area contributed by atoms with Crippen molar-refractivity contribution in [2.45, 2.75) is 18.4 Å². The number of hydrogen-bond donors (Lipinski definition) is 1. The normalized spacial score (nSPS) is 11.7. The third-order valence-electron chi connectivity index (χ3n) is 3.89. The highest BCUT2D eigenvalue weighted by Gasteiger charge is 2.29. The van der Waals surface area contributed by atoms with Gasteiger partial charge in [-0.1, -0.05) is 0 Å². The molecule has 0 radical (unpaired) electrons. The Balaban J connectivity index is 2.33. The average Bonchev–Trinajstić information content (AvgIpc) is 2.93. The first-order valence-electron chi connectivity index (χ1n) is 7.69. The molecule has 0 saturated heterocycles. The lowest BCUT2D eigenvalue weighted by Gasteiger charge is -2.12. The van der Waals surface area contributed by atoms with Crippen molar-refractivity contribution in [3.05, 3.63) is 65.9 Å². The highest BCUT2D eigenvalue weighted by molar-refractivity contribution is 7.90. The molecule has 0 atom stereocenters. The average molecular weight is 378 g/mol. The van der Waals surface area contributed by atoms with E-state index in [2.05, 4.69) is 15.3 Å². The first kappa shape index (κ1) is 18.2. The summed E-state index contributed by atoms with van der Waals surface area (Å²) in [4.78, 5) is 7.25. The number of hydrogen-bond acceptors (Lipinski definition) is 5.